The third kappa shape index (κ3) is 4.45. The number of rotatable bonds is 5. The molecule has 6 nitrogen and oxygen atoms in total. The van der Waals surface area contributed by atoms with Gasteiger partial charge in [-0.05, 0) is 48.2 Å². The van der Waals surface area contributed by atoms with Crippen LogP contribution in [0.25, 0.3) is 0 Å². The van der Waals surface area contributed by atoms with E-state index in [4.69, 9.17) is 14.2 Å². The fourth-order valence-corrected chi connectivity index (χ4v) is 3.86. The molecule has 0 amide bonds. The summed E-state index contributed by atoms with van der Waals surface area (Å²) in [6.45, 7) is 2.86. The van der Waals surface area contributed by atoms with Crippen molar-refractivity contribution in [1.82, 2.24) is 10.6 Å². The Morgan fingerprint density at radius 3 is 2.69 bits per heavy atom. The molecule has 2 N–H and O–H groups in total. The number of guanidine groups is 1. The van der Waals surface area contributed by atoms with Crippen molar-refractivity contribution in [1.29, 1.82) is 0 Å². The van der Waals surface area contributed by atoms with Gasteiger partial charge in [0.1, 0.15) is 5.82 Å². The van der Waals surface area contributed by atoms with Crippen LogP contribution in [0.15, 0.2) is 47.5 Å². The summed E-state index contributed by atoms with van der Waals surface area (Å²) in [5.41, 5.74) is 1.89. The fourth-order valence-electron chi connectivity index (χ4n) is 3.86. The van der Waals surface area contributed by atoms with Gasteiger partial charge in [0.15, 0.2) is 17.5 Å². The van der Waals surface area contributed by atoms with Gasteiger partial charge in [-0.3, -0.25) is 4.99 Å². The first-order valence-electron chi connectivity index (χ1n) is 9.85. The Hall–Kier alpha value is -2.80. The molecular formula is C22H26FN3O3. The number of aliphatic imine (C=N–C) groups is 1. The van der Waals surface area contributed by atoms with E-state index < -0.39 is 0 Å². The smallest absolute Gasteiger partial charge is 0.231 e. The van der Waals surface area contributed by atoms with E-state index in [1.54, 1.807) is 19.2 Å². The maximum Gasteiger partial charge on any atom is 0.231 e. The summed E-state index contributed by atoms with van der Waals surface area (Å²) in [6, 6.07) is 12.8. The number of ether oxygens (including phenoxy) is 3. The number of fused-ring (bicyclic) bond motifs is 1. The molecule has 0 aliphatic carbocycles. The van der Waals surface area contributed by atoms with E-state index in [2.05, 4.69) is 15.6 Å². The minimum absolute atomic E-state index is 0.184. The lowest BCUT2D eigenvalue weighted by Gasteiger charge is -2.38. The molecule has 2 heterocycles. The lowest BCUT2D eigenvalue weighted by atomic mass is 9.74. The number of benzene rings is 2. The zero-order valence-corrected chi connectivity index (χ0v) is 16.5. The number of halogens is 1. The van der Waals surface area contributed by atoms with E-state index in [1.807, 2.05) is 24.3 Å². The van der Waals surface area contributed by atoms with E-state index in [1.165, 1.54) is 6.07 Å². The van der Waals surface area contributed by atoms with Gasteiger partial charge in [0, 0.05) is 38.8 Å². The van der Waals surface area contributed by atoms with Crippen molar-refractivity contribution in [3.8, 4) is 11.5 Å². The predicted octanol–water partition coefficient (Wildman–Crippen LogP) is 2.97. The third-order valence-corrected chi connectivity index (χ3v) is 5.60. The van der Waals surface area contributed by atoms with Gasteiger partial charge in [0.25, 0.3) is 0 Å². The van der Waals surface area contributed by atoms with Crippen LogP contribution in [0.5, 0.6) is 11.5 Å². The molecular weight excluding hydrogens is 373 g/mol. The van der Waals surface area contributed by atoms with Gasteiger partial charge < -0.3 is 24.8 Å². The Balaban J connectivity index is 1.40. The molecule has 29 heavy (non-hydrogen) atoms. The van der Waals surface area contributed by atoms with E-state index in [9.17, 15) is 4.39 Å². The second-order valence-corrected chi connectivity index (χ2v) is 7.37. The molecule has 1 fully saturated rings. The van der Waals surface area contributed by atoms with Crippen molar-refractivity contribution in [3.05, 3.63) is 59.4 Å². The number of nitrogens with zero attached hydrogens (tertiary/aromatic N) is 1. The van der Waals surface area contributed by atoms with Crippen molar-refractivity contribution in [2.45, 2.75) is 24.8 Å². The highest BCUT2D eigenvalue weighted by atomic mass is 19.1. The summed E-state index contributed by atoms with van der Waals surface area (Å²) < 4.78 is 30.2. The van der Waals surface area contributed by atoms with Crippen LogP contribution in [-0.4, -0.2) is 39.6 Å². The second kappa shape index (κ2) is 8.69. The molecule has 1 saturated heterocycles. The normalized spacial score (nSPS) is 17.8. The van der Waals surface area contributed by atoms with E-state index in [0.717, 1.165) is 35.5 Å². The summed E-state index contributed by atoms with van der Waals surface area (Å²) >= 11 is 0. The standard InChI is InChI=1S/C22H26FN3O3/c1-24-21(25-13-16-5-6-19-20(11-16)29-15-28-19)26-14-22(7-9-27-10-8-22)17-3-2-4-18(23)12-17/h2-6,11-12H,7-10,13-15H2,1H3,(H2,24,25,26). The van der Waals surface area contributed by atoms with Gasteiger partial charge in [-0.25, -0.2) is 4.39 Å². The SMILES string of the molecule is CN=C(NCc1ccc2c(c1)OCO2)NCC1(c2cccc(F)c2)CCOCC1. The Labute approximate surface area is 170 Å². The zero-order valence-electron chi connectivity index (χ0n) is 16.5. The summed E-state index contributed by atoms with van der Waals surface area (Å²) in [7, 11) is 1.74. The lowest BCUT2D eigenvalue weighted by Crippen LogP contribution is -2.48. The molecule has 0 saturated carbocycles. The van der Waals surface area contributed by atoms with E-state index >= 15 is 0 Å². The van der Waals surface area contributed by atoms with Crippen LogP contribution in [0.2, 0.25) is 0 Å². The summed E-state index contributed by atoms with van der Waals surface area (Å²) in [5.74, 6) is 2.02. The maximum absolute atomic E-state index is 13.9. The number of hydrogen-bond donors (Lipinski definition) is 2. The highest BCUT2D eigenvalue weighted by Gasteiger charge is 2.35. The fraction of sp³-hybridized carbons (Fsp3) is 0.409. The van der Waals surface area contributed by atoms with E-state index in [0.29, 0.717) is 32.3 Å². The van der Waals surface area contributed by atoms with Crippen LogP contribution in [0.1, 0.15) is 24.0 Å². The van der Waals surface area contributed by atoms with Crippen molar-refractivity contribution < 1.29 is 18.6 Å². The van der Waals surface area contributed by atoms with Crippen molar-refractivity contribution in [3.63, 3.8) is 0 Å². The first kappa shape index (κ1) is 19.5. The van der Waals surface area contributed by atoms with Crippen LogP contribution in [-0.2, 0) is 16.7 Å². The molecule has 2 aromatic carbocycles. The first-order valence-corrected chi connectivity index (χ1v) is 9.85. The average molecular weight is 399 g/mol. The Bertz CT molecular complexity index is 881. The molecule has 0 bridgehead atoms. The Kier molecular flexibility index (Phi) is 5.85. The van der Waals surface area contributed by atoms with Gasteiger partial charge >= 0.3 is 0 Å². The van der Waals surface area contributed by atoms with Crippen LogP contribution in [0, 0.1) is 5.82 Å². The van der Waals surface area contributed by atoms with Gasteiger partial charge in [-0.15, -0.1) is 0 Å². The largest absolute Gasteiger partial charge is 0.454 e. The highest BCUT2D eigenvalue weighted by molar-refractivity contribution is 5.79. The maximum atomic E-state index is 13.9. The highest BCUT2D eigenvalue weighted by Crippen LogP contribution is 2.35. The van der Waals surface area contributed by atoms with Crippen LogP contribution in [0.3, 0.4) is 0 Å². The molecule has 154 valence electrons. The lowest BCUT2D eigenvalue weighted by molar-refractivity contribution is 0.0513. The minimum atomic E-state index is -0.210. The average Bonchev–Trinajstić information content (AvgIpc) is 3.22. The molecule has 2 aliphatic rings. The third-order valence-electron chi connectivity index (χ3n) is 5.60. The molecule has 2 aromatic rings. The van der Waals surface area contributed by atoms with Crippen molar-refractivity contribution in [2.24, 2.45) is 4.99 Å². The topological polar surface area (TPSA) is 64.1 Å². The van der Waals surface area contributed by atoms with Crippen LogP contribution in [0.4, 0.5) is 4.39 Å². The second-order valence-electron chi connectivity index (χ2n) is 7.37. The van der Waals surface area contributed by atoms with Gasteiger partial charge in [-0.1, -0.05) is 18.2 Å². The zero-order chi connectivity index (χ0) is 20.1. The van der Waals surface area contributed by atoms with Crippen molar-refractivity contribution in [2.75, 3.05) is 33.6 Å². The monoisotopic (exact) mass is 399 g/mol. The molecule has 0 aromatic heterocycles. The number of hydrogen-bond acceptors (Lipinski definition) is 4. The molecule has 0 atom stereocenters. The molecule has 4 rings (SSSR count). The molecule has 0 unspecified atom stereocenters. The molecule has 2 aliphatic heterocycles. The summed E-state index contributed by atoms with van der Waals surface area (Å²) in [5, 5.41) is 6.76. The molecule has 0 spiro atoms. The van der Waals surface area contributed by atoms with Crippen LogP contribution < -0.4 is 20.1 Å². The molecule has 0 radical (unpaired) electrons. The van der Waals surface area contributed by atoms with Crippen LogP contribution >= 0.6 is 0 Å². The Morgan fingerprint density at radius 2 is 1.90 bits per heavy atom. The Morgan fingerprint density at radius 1 is 1.07 bits per heavy atom. The van der Waals surface area contributed by atoms with Crippen molar-refractivity contribution >= 4 is 5.96 Å². The predicted molar refractivity (Wildman–Crippen MR) is 109 cm³/mol. The van der Waals surface area contributed by atoms with Gasteiger partial charge in [-0.2, -0.15) is 0 Å². The summed E-state index contributed by atoms with van der Waals surface area (Å²) in [4.78, 5) is 4.34. The number of nitrogens with one attached hydrogen (secondary N) is 2. The van der Waals surface area contributed by atoms with Gasteiger partial charge in [0.05, 0.1) is 0 Å². The quantitative estimate of drug-likeness (QED) is 0.598. The molecule has 7 heteroatoms. The summed E-state index contributed by atoms with van der Waals surface area (Å²) in [6.07, 6.45) is 1.67. The first-order chi connectivity index (χ1) is 14.2. The minimum Gasteiger partial charge on any atom is -0.454 e. The van der Waals surface area contributed by atoms with E-state index in [-0.39, 0.29) is 18.0 Å². The van der Waals surface area contributed by atoms with Gasteiger partial charge in [0.2, 0.25) is 6.79 Å².